The summed E-state index contributed by atoms with van der Waals surface area (Å²) in [6.45, 7) is 9.50. The van der Waals surface area contributed by atoms with E-state index in [0.29, 0.717) is 48.3 Å². The molecule has 0 bridgehead atoms. The number of aliphatic hydroxyl groups excluding tert-OH is 2. The fraction of sp³-hybridized carbons (Fsp3) is 0.824. The average molecular weight is 618 g/mol. The number of pyridine rings is 1. The third kappa shape index (κ3) is 6.43. The summed E-state index contributed by atoms with van der Waals surface area (Å²) >= 11 is 0. The van der Waals surface area contributed by atoms with E-state index in [4.69, 9.17) is 0 Å². The van der Waals surface area contributed by atoms with Gasteiger partial charge in [0.2, 0.25) is 5.91 Å². The van der Waals surface area contributed by atoms with E-state index in [1.807, 2.05) is 6.07 Å². The highest BCUT2D eigenvalue weighted by atomic mass is 32.2. The zero-order chi connectivity index (χ0) is 31.2. The highest BCUT2D eigenvalue weighted by Crippen LogP contribution is 2.69. The van der Waals surface area contributed by atoms with Gasteiger partial charge in [0, 0.05) is 31.9 Å². The minimum Gasteiger partial charge on any atom is -0.748 e. The number of amides is 1. The summed E-state index contributed by atoms with van der Waals surface area (Å²) in [7, 11) is -4.44. The van der Waals surface area contributed by atoms with E-state index in [0.717, 1.165) is 56.9 Å². The summed E-state index contributed by atoms with van der Waals surface area (Å²) < 4.78 is 34.1. The van der Waals surface area contributed by atoms with Gasteiger partial charge in [-0.05, 0) is 115 Å². The monoisotopic (exact) mass is 617 g/mol. The maximum absolute atomic E-state index is 13.4. The van der Waals surface area contributed by atoms with E-state index < -0.39 is 15.9 Å². The van der Waals surface area contributed by atoms with Crippen molar-refractivity contribution >= 4 is 16.0 Å². The molecule has 9 heteroatoms. The fourth-order valence-corrected chi connectivity index (χ4v) is 11.3. The minimum atomic E-state index is -4.44. The van der Waals surface area contributed by atoms with E-state index in [1.165, 1.54) is 4.90 Å². The molecule has 11 atom stereocenters. The molecule has 4 fully saturated rings. The van der Waals surface area contributed by atoms with Crippen LogP contribution >= 0.6 is 0 Å². The Morgan fingerprint density at radius 1 is 1.12 bits per heavy atom. The Hall–Kier alpha value is -1.55. The van der Waals surface area contributed by atoms with Gasteiger partial charge in [0.25, 0.3) is 0 Å². The van der Waals surface area contributed by atoms with Crippen LogP contribution in [0.4, 0.5) is 0 Å². The SMILES string of the molecule is CC[C@H]1[C@@H](O)[C@@H]2[C@H](CC[C@]3(C)[C@@H]([C@H](C)CCC(=O)N(CCS(=O)(=O)[O-])Cc4cccnc4)CC[C@@H]23)[C@@]2(C)CC[C@@H](O)C[C@@H]12. The van der Waals surface area contributed by atoms with Crippen LogP contribution in [-0.4, -0.2) is 63.5 Å². The Balaban J connectivity index is 1.27. The zero-order valence-corrected chi connectivity index (χ0v) is 27.3. The molecule has 1 aromatic rings. The number of carbonyl (C=O) groups excluding carboxylic acids is 1. The summed E-state index contributed by atoms with van der Waals surface area (Å²) in [4.78, 5) is 19.0. The van der Waals surface area contributed by atoms with Crippen LogP contribution in [0.15, 0.2) is 24.5 Å². The second-order valence-corrected chi connectivity index (χ2v) is 16.6. The van der Waals surface area contributed by atoms with Crippen molar-refractivity contribution < 1.29 is 28.0 Å². The van der Waals surface area contributed by atoms with E-state index in [1.54, 1.807) is 18.5 Å². The minimum absolute atomic E-state index is 0.117. The normalized spacial score (nSPS) is 39.8. The molecule has 242 valence electrons. The summed E-state index contributed by atoms with van der Waals surface area (Å²) in [5.74, 6) is 1.93. The van der Waals surface area contributed by atoms with E-state index in [2.05, 4.69) is 32.7 Å². The van der Waals surface area contributed by atoms with Crippen LogP contribution in [0.3, 0.4) is 0 Å². The average Bonchev–Trinajstić information content (AvgIpc) is 3.32. The fourth-order valence-electron chi connectivity index (χ4n) is 10.9. The van der Waals surface area contributed by atoms with Crippen LogP contribution in [0.5, 0.6) is 0 Å². The molecule has 4 saturated carbocycles. The summed E-state index contributed by atoms with van der Waals surface area (Å²) in [5.41, 5.74) is 1.10. The van der Waals surface area contributed by atoms with Gasteiger partial charge in [-0.2, -0.15) is 0 Å². The standard InChI is InChI=1S/C34H54N2O6S/c1-5-25-29-19-24(37)12-14-34(29,4)28-13-15-33(3)26(9-10-27(33)31(28)32(25)39)22(2)8-11-30(38)36(17-18-43(40,41)42)21-23-7-6-16-35-20-23/h6-7,16,20,22,24-29,31-32,37,39H,5,8-15,17-19,21H2,1-4H3,(H,40,41,42)/p-1/t22-,24-,25-,26-,27+,28+,29+,31+,32-,33-,34-/m1/s1. The molecule has 4 aliphatic rings. The molecular formula is C34H53N2O6S-. The van der Waals surface area contributed by atoms with Gasteiger partial charge < -0.3 is 19.7 Å². The molecule has 1 aromatic heterocycles. The van der Waals surface area contributed by atoms with Crippen molar-refractivity contribution in [3.63, 3.8) is 0 Å². The molecule has 0 aromatic carbocycles. The number of hydrogen-bond acceptors (Lipinski definition) is 7. The number of aromatic nitrogens is 1. The molecule has 2 N–H and O–H groups in total. The Morgan fingerprint density at radius 3 is 2.51 bits per heavy atom. The molecule has 0 unspecified atom stereocenters. The highest BCUT2D eigenvalue weighted by molar-refractivity contribution is 7.85. The van der Waals surface area contributed by atoms with Crippen LogP contribution in [0, 0.1) is 52.3 Å². The molecule has 0 saturated heterocycles. The molecule has 0 spiro atoms. The predicted octanol–water partition coefficient (Wildman–Crippen LogP) is 5.00. The van der Waals surface area contributed by atoms with Crippen LogP contribution in [0.1, 0.15) is 97.5 Å². The maximum Gasteiger partial charge on any atom is 0.222 e. The third-order valence-electron chi connectivity index (χ3n) is 13.0. The first-order valence-corrected chi connectivity index (χ1v) is 18.3. The second-order valence-electron chi connectivity index (χ2n) is 15.1. The number of hydrogen-bond donors (Lipinski definition) is 2. The van der Waals surface area contributed by atoms with Crippen molar-refractivity contribution in [3.05, 3.63) is 30.1 Å². The van der Waals surface area contributed by atoms with Crippen molar-refractivity contribution in [2.75, 3.05) is 12.3 Å². The van der Waals surface area contributed by atoms with Gasteiger partial charge in [-0.3, -0.25) is 9.78 Å². The number of carbonyl (C=O) groups is 1. The van der Waals surface area contributed by atoms with E-state index >= 15 is 0 Å². The van der Waals surface area contributed by atoms with Gasteiger partial charge in [-0.25, -0.2) is 8.42 Å². The smallest absolute Gasteiger partial charge is 0.222 e. The number of rotatable bonds is 10. The van der Waals surface area contributed by atoms with Gasteiger partial charge in [0.15, 0.2) is 0 Å². The highest BCUT2D eigenvalue weighted by Gasteiger charge is 2.64. The first-order valence-electron chi connectivity index (χ1n) is 16.7. The molecule has 0 radical (unpaired) electrons. The molecule has 5 rings (SSSR count). The molecule has 0 aliphatic heterocycles. The quantitative estimate of drug-likeness (QED) is 0.354. The maximum atomic E-state index is 13.4. The Labute approximate surface area is 258 Å². The van der Waals surface area contributed by atoms with E-state index in [-0.39, 0.29) is 48.0 Å². The van der Waals surface area contributed by atoms with E-state index in [9.17, 15) is 28.0 Å². The van der Waals surface area contributed by atoms with Gasteiger partial charge in [0.1, 0.15) is 0 Å². The lowest BCUT2D eigenvalue weighted by molar-refractivity contribution is -0.203. The first kappa shape index (κ1) is 32.8. The number of nitrogens with zero attached hydrogens (tertiary/aromatic N) is 2. The van der Waals surface area contributed by atoms with Crippen LogP contribution in [0.2, 0.25) is 0 Å². The second kappa shape index (κ2) is 12.7. The van der Waals surface area contributed by atoms with Crippen LogP contribution in [-0.2, 0) is 21.5 Å². The summed E-state index contributed by atoms with van der Waals surface area (Å²) in [6, 6.07) is 3.62. The Morgan fingerprint density at radius 2 is 1.84 bits per heavy atom. The summed E-state index contributed by atoms with van der Waals surface area (Å²) in [5, 5.41) is 22.5. The Kier molecular flexibility index (Phi) is 9.68. The number of fused-ring (bicyclic) bond motifs is 5. The van der Waals surface area contributed by atoms with Gasteiger partial charge in [0.05, 0.1) is 28.1 Å². The third-order valence-corrected chi connectivity index (χ3v) is 13.7. The Bertz CT molecular complexity index is 1230. The van der Waals surface area contributed by atoms with Crippen molar-refractivity contribution in [1.82, 2.24) is 9.88 Å². The molecule has 8 nitrogen and oxygen atoms in total. The molecular weight excluding hydrogens is 564 g/mol. The van der Waals surface area contributed by atoms with Crippen molar-refractivity contribution in [2.45, 2.75) is 111 Å². The van der Waals surface area contributed by atoms with Crippen molar-refractivity contribution in [3.8, 4) is 0 Å². The van der Waals surface area contributed by atoms with Gasteiger partial charge >= 0.3 is 0 Å². The zero-order valence-electron chi connectivity index (χ0n) is 26.5. The summed E-state index contributed by atoms with van der Waals surface area (Å²) in [6.07, 6.45) is 12.0. The molecule has 43 heavy (non-hydrogen) atoms. The lowest BCUT2D eigenvalue weighted by Gasteiger charge is -2.64. The first-order chi connectivity index (χ1) is 20.3. The molecule has 1 amide bonds. The predicted molar refractivity (Wildman–Crippen MR) is 164 cm³/mol. The topological polar surface area (TPSA) is 131 Å². The lowest BCUT2D eigenvalue weighted by atomic mass is 9.41. The van der Waals surface area contributed by atoms with Crippen LogP contribution in [0.25, 0.3) is 0 Å². The number of aliphatic hydroxyl groups is 2. The molecule has 4 aliphatic carbocycles. The van der Waals surface area contributed by atoms with Gasteiger partial charge in [-0.15, -0.1) is 0 Å². The van der Waals surface area contributed by atoms with Crippen molar-refractivity contribution in [1.29, 1.82) is 0 Å². The lowest BCUT2D eigenvalue weighted by Crippen LogP contribution is -2.62. The van der Waals surface area contributed by atoms with Gasteiger partial charge in [-0.1, -0.05) is 40.2 Å². The largest absolute Gasteiger partial charge is 0.748 e. The van der Waals surface area contributed by atoms with Crippen LogP contribution < -0.4 is 0 Å². The van der Waals surface area contributed by atoms with Crippen molar-refractivity contribution in [2.24, 2.45) is 52.3 Å². The molecule has 1 heterocycles.